The molecular weight excluding hydrogens is 163 g/mol. The molecule has 0 aromatic rings. The molecule has 1 atom stereocenters. The fourth-order valence-electron chi connectivity index (χ4n) is 0.252. The van der Waals surface area contributed by atoms with Gasteiger partial charge in [-0.15, -0.1) is 23.2 Å². The van der Waals surface area contributed by atoms with Crippen molar-refractivity contribution in [2.75, 3.05) is 12.5 Å². The first-order valence-corrected chi connectivity index (χ1v) is 3.47. The Morgan fingerprint density at radius 2 is 2.33 bits per heavy atom. The zero-order valence-electron chi connectivity index (χ0n) is 5.06. The summed E-state index contributed by atoms with van der Waals surface area (Å²) in [4.78, 5) is 10.1. The van der Waals surface area contributed by atoms with Gasteiger partial charge in [0.25, 0.3) is 0 Å². The number of ether oxygens (including phenoxy) is 1. The fraction of sp³-hybridized carbons (Fsp3) is 0.800. The summed E-state index contributed by atoms with van der Waals surface area (Å²) >= 11 is 10.8. The quantitative estimate of drug-likeness (QED) is 0.473. The first kappa shape index (κ1) is 9.05. The van der Waals surface area contributed by atoms with Gasteiger partial charge in [-0.25, -0.2) is 0 Å². The van der Waals surface area contributed by atoms with Gasteiger partial charge in [0.2, 0.25) is 0 Å². The number of alkyl halides is 2. The van der Waals surface area contributed by atoms with Crippen LogP contribution in [0.5, 0.6) is 0 Å². The maximum absolute atomic E-state index is 10.1. The van der Waals surface area contributed by atoms with E-state index in [2.05, 4.69) is 4.74 Å². The van der Waals surface area contributed by atoms with Crippen molar-refractivity contribution in [3.63, 3.8) is 0 Å². The Balaban J connectivity index is 3.16. The molecule has 0 radical (unpaired) electrons. The minimum absolute atomic E-state index is 0.195. The Labute approximate surface area is 64.1 Å². The van der Waals surface area contributed by atoms with Crippen LogP contribution in [0.2, 0.25) is 0 Å². The summed E-state index contributed by atoms with van der Waals surface area (Å²) in [6.07, 6.45) is 0. The van der Waals surface area contributed by atoms with Crippen LogP contribution in [0, 0.1) is 0 Å². The molecule has 0 aromatic heterocycles. The lowest BCUT2D eigenvalue weighted by Crippen LogP contribution is -2.12. The number of hydrogen-bond acceptors (Lipinski definition) is 2. The molecule has 0 heterocycles. The van der Waals surface area contributed by atoms with Crippen LogP contribution in [-0.2, 0) is 9.53 Å². The van der Waals surface area contributed by atoms with Crippen molar-refractivity contribution >= 4 is 29.2 Å². The van der Waals surface area contributed by atoms with E-state index in [-0.39, 0.29) is 18.0 Å². The molecule has 0 amide bonds. The van der Waals surface area contributed by atoms with Gasteiger partial charge in [0.15, 0.2) is 0 Å². The van der Waals surface area contributed by atoms with Crippen LogP contribution in [-0.4, -0.2) is 23.8 Å². The van der Waals surface area contributed by atoms with Gasteiger partial charge in [0, 0.05) is 12.8 Å². The largest absolute Gasteiger partial charge is 0.464 e. The molecule has 0 aliphatic heterocycles. The summed E-state index contributed by atoms with van der Waals surface area (Å²) in [6, 6.07) is 0. The highest BCUT2D eigenvalue weighted by atomic mass is 35.5. The highest BCUT2D eigenvalue weighted by molar-refractivity contribution is 6.28. The Bertz CT molecular complexity index is 95.0. The second-order valence-electron chi connectivity index (χ2n) is 1.55. The number of carbonyl (C=O) groups excluding carboxylic acids is 1. The minimum Gasteiger partial charge on any atom is -0.464 e. The average Bonchev–Trinajstić information content (AvgIpc) is 1.83. The van der Waals surface area contributed by atoms with Gasteiger partial charge < -0.3 is 4.74 Å². The zero-order valence-corrected chi connectivity index (χ0v) is 6.58. The van der Waals surface area contributed by atoms with E-state index in [0.717, 1.165) is 0 Å². The Kier molecular flexibility index (Phi) is 4.91. The monoisotopic (exact) mass is 170 g/mol. The highest BCUT2D eigenvalue weighted by Crippen LogP contribution is 1.98. The smallest absolute Gasteiger partial charge is 0.302 e. The lowest BCUT2D eigenvalue weighted by atomic mass is 10.5. The molecule has 54 valence electrons. The van der Waals surface area contributed by atoms with E-state index >= 15 is 0 Å². The van der Waals surface area contributed by atoms with Crippen molar-refractivity contribution in [1.29, 1.82) is 0 Å². The number of hydrogen-bond donors (Lipinski definition) is 0. The molecule has 0 N–H and O–H groups in total. The van der Waals surface area contributed by atoms with Gasteiger partial charge in [-0.3, -0.25) is 4.79 Å². The second kappa shape index (κ2) is 4.89. The van der Waals surface area contributed by atoms with E-state index in [9.17, 15) is 4.79 Å². The summed E-state index contributed by atoms with van der Waals surface area (Å²) in [5.41, 5.74) is 0. The molecule has 4 heteroatoms. The van der Waals surface area contributed by atoms with Crippen LogP contribution in [0.1, 0.15) is 6.92 Å². The molecule has 0 saturated carbocycles. The van der Waals surface area contributed by atoms with Crippen LogP contribution < -0.4 is 0 Å². The Hall–Kier alpha value is 0.0500. The summed E-state index contributed by atoms with van der Waals surface area (Å²) < 4.78 is 4.54. The minimum atomic E-state index is -0.328. The van der Waals surface area contributed by atoms with E-state index in [1.807, 2.05) is 0 Å². The first-order chi connectivity index (χ1) is 4.16. The highest BCUT2D eigenvalue weighted by Gasteiger charge is 2.02. The molecule has 0 aromatic carbocycles. The van der Waals surface area contributed by atoms with Crippen LogP contribution in [0.15, 0.2) is 0 Å². The molecule has 0 aliphatic rings. The molecule has 1 unspecified atom stereocenters. The number of halogens is 2. The van der Waals surface area contributed by atoms with Crippen LogP contribution in [0.3, 0.4) is 0 Å². The lowest BCUT2D eigenvalue weighted by Gasteiger charge is -2.03. The number of esters is 1. The van der Waals surface area contributed by atoms with E-state index in [4.69, 9.17) is 23.2 Å². The predicted octanol–water partition coefficient (Wildman–Crippen LogP) is 1.40. The van der Waals surface area contributed by atoms with Gasteiger partial charge in [-0.05, 0) is 0 Å². The van der Waals surface area contributed by atoms with Crippen molar-refractivity contribution < 1.29 is 9.53 Å². The van der Waals surface area contributed by atoms with Gasteiger partial charge >= 0.3 is 5.97 Å². The molecule has 0 bridgehead atoms. The maximum Gasteiger partial charge on any atom is 0.302 e. The molecule has 9 heavy (non-hydrogen) atoms. The van der Waals surface area contributed by atoms with Gasteiger partial charge in [-0.1, -0.05) is 0 Å². The summed E-state index contributed by atoms with van der Waals surface area (Å²) in [6.45, 7) is 1.53. The molecule has 0 spiro atoms. The third-order valence-corrected chi connectivity index (χ3v) is 1.45. The van der Waals surface area contributed by atoms with E-state index in [1.54, 1.807) is 0 Å². The van der Waals surface area contributed by atoms with Gasteiger partial charge in [0.1, 0.15) is 6.61 Å². The number of carbonyl (C=O) groups is 1. The maximum atomic E-state index is 10.1. The van der Waals surface area contributed by atoms with Crippen LogP contribution >= 0.6 is 23.2 Å². The lowest BCUT2D eigenvalue weighted by molar-refractivity contribution is -0.140. The van der Waals surface area contributed by atoms with E-state index in [0.29, 0.717) is 5.88 Å². The summed E-state index contributed by atoms with van der Waals surface area (Å²) in [7, 11) is 0. The number of rotatable bonds is 3. The van der Waals surface area contributed by atoms with Gasteiger partial charge in [-0.2, -0.15) is 0 Å². The molecule has 0 aliphatic carbocycles. The standard InChI is InChI=1S/C5H8Cl2O2/c1-4(8)9-3-5(7)2-6/h5H,2-3H2,1H3. The molecule has 0 fully saturated rings. The fourth-order valence-corrected chi connectivity index (χ4v) is 0.404. The van der Waals surface area contributed by atoms with E-state index in [1.165, 1.54) is 6.92 Å². The summed E-state index contributed by atoms with van der Waals surface area (Å²) in [5.74, 6) is -0.0276. The zero-order chi connectivity index (χ0) is 7.28. The first-order valence-electron chi connectivity index (χ1n) is 2.50. The molecular formula is C5H8Cl2O2. The van der Waals surface area contributed by atoms with E-state index < -0.39 is 0 Å². The van der Waals surface area contributed by atoms with Crippen molar-refractivity contribution in [3.05, 3.63) is 0 Å². The van der Waals surface area contributed by atoms with Gasteiger partial charge in [0.05, 0.1) is 5.38 Å². The SMILES string of the molecule is CC(=O)OCC(Cl)CCl. The molecule has 2 nitrogen and oxygen atoms in total. The summed E-state index contributed by atoms with van der Waals surface area (Å²) in [5, 5.41) is -0.268. The third kappa shape index (κ3) is 5.93. The average molecular weight is 171 g/mol. The normalized spacial score (nSPS) is 12.8. The third-order valence-electron chi connectivity index (χ3n) is 0.635. The topological polar surface area (TPSA) is 26.3 Å². The second-order valence-corrected chi connectivity index (χ2v) is 2.48. The van der Waals surface area contributed by atoms with Crippen molar-refractivity contribution in [3.8, 4) is 0 Å². The Morgan fingerprint density at radius 3 is 2.67 bits per heavy atom. The Morgan fingerprint density at radius 1 is 1.78 bits per heavy atom. The molecule has 0 saturated heterocycles. The molecule has 0 rings (SSSR count). The van der Waals surface area contributed by atoms with Crippen molar-refractivity contribution in [2.45, 2.75) is 12.3 Å². The predicted molar refractivity (Wildman–Crippen MR) is 37.0 cm³/mol. The van der Waals surface area contributed by atoms with Crippen molar-refractivity contribution in [1.82, 2.24) is 0 Å². The van der Waals surface area contributed by atoms with Crippen LogP contribution in [0.4, 0.5) is 0 Å². The van der Waals surface area contributed by atoms with Crippen LogP contribution in [0.25, 0.3) is 0 Å². The van der Waals surface area contributed by atoms with Crippen molar-refractivity contribution in [2.24, 2.45) is 0 Å².